The van der Waals surface area contributed by atoms with E-state index in [4.69, 9.17) is 9.84 Å². The van der Waals surface area contributed by atoms with Crippen LogP contribution in [-0.4, -0.2) is 56.8 Å². The van der Waals surface area contributed by atoms with Crippen LogP contribution in [0.3, 0.4) is 0 Å². The Kier molecular flexibility index (Phi) is 9.25. The van der Waals surface area contributed by atoms with Crippen LogP contribution in [0.25, 0.3) is 40.1 Å². The lowest BCUT2D eigenvalue weighted by Crippen LogP contribution is -2.30. The predicted molar refractivity (Wildman–Crippen MR) is 186 cm³/mol. The van der Waals surface area contributed by atoms with Gasteiger partial charge in [0.15, 0.2) is 5.82 Å². The minimum Gasteiger partial charge on any atom is -0.490 e. The fraction of sp³-hybridized carbons (Fsp3) is 0.143. The van der Waals surface area contributed by atoms with Gasteiger partial charge in [0.2, 0.25) is 15.0 Å². The van der Waals surface area contributed by atoms with E-state index in [1.165, 1.54) is 20.2 Å². The Morgan fingerprint density at radius 1 is 0.957 bits per heavy atom. The monoisotopic (exact) mass is 664 g/mol. The van der Waals surface area contributed by atoms with Gasteiger partial charge in [-0.3, -0.25) is 4.79 Å². The fourth-order valence-electron chi connectivity index (χ4n) is 5.01. The van der Waals surface area contributed by atoms with Crippen LogP contribution in [0.1, 0.15) is 30.8 Å². The first-order chi connectivity index (χ1) is 22.8. The Labute approximate surface area is 276 Å². The lowest BCUT2D eigenvalue weighted by Gasteiger charge is -2.18. The van der Waals surface area contributed by atoms with Gasteiger partial charge in [0, 0.05) is 30.4 Å². The Morgan fingerprint density at radius 2 is 1.72 bits per heavy atom. The number of para-hydroxylation sites is 1. The van der Waals surface area contributed by atoms with E-state index in [0.29, 0.717) is 51.8 Å². The van der Waals surface area contributed by atoms with E-state index in [0.717, 1.165) is 17.0 Å². The lowest BCUT2D eigenvalue weighted by molar-refractivity contribution is 0.363. The number of thiazole rings is 1. The van der Waals surface area contributed by atoms with Crippen LogP contribution in [0.2, 0.25) is 0 Å². The van der Waals surface area contributed by atoms with Crippen LogP contribution in [0.5, 0.6) is 5.75 Å². The molecule has 0 saturated carbocycles. The van der Waals surface area contributed by atoms with Crippen molar-refractivity contribution in [2.24, 2.45) is 0 Å². The second-order valence-electron chi connectivity index (χ2n) is 10.4. The molecule has 0 unspecified atom stereocenters. The van der Waals surface area contributed by atoms with Gasteiger partial charge in [-0.2, -0.15) is 18.9 Å². The molecule has 3 aromatic heterocycles. The number of sulfonamides is 1. The summed E-state index contributed by atoms with van der Waals surface area (Å²) >= 11 is 1.22. The largest absolute Gasteiger partial charge is 0.490 e. The van der Waals surface area contributed by atoms with Crippen molar-refractivity contribution in [2.45, 2.75) is 18.7 Å². The molecule has 3 heterocycles. The highest BCUT2D eigenvalue weighted by Gasteiger charge is 2.23. The Morgan fingerprint density at radius 3 is 2.43 bits per heavy atom. The molecule has 0 fully saturated rings. The van der Waals surface area contributed by atoms with Crippen molar-refractivity contribution in [3.63, 3.8) is 0 Å². The summed E-state index contributed by atoms with van der Waals surface area (Å²) in [6.07, 6.45) is 8.89. The normalized spacial score (nSPS) is 12.4. The van der Waals surface area contributed by atoms with Gasteiger partial charge < -0.3 is 4.74 Å². The summed E-state index contributed by atoms with van der Waals surface area (Å²) in [5, 5.41) is 9.25. The first-order valence-corrected chi connectivity index (χ1v) is 17.2. The van der Waals surface area contributed by atoms with E-state index in [-0.39, 0.29) is 10.5 Å². The van der Waals surface area contributed by atoms with Crippen molar-refractivity contribution < 1.29 is 13.2 Å². The van der Waals surface area contributed by atoms with Gasteiger partial charge in [-0.25, -0.2) is 13.1 Å². The zero-order chi connectivity index (χ0) is 33.0. The molecule has 12 heteroatoms. The first-order valence-electron chi connectivity index (χ1n) is 15.0. The van der Waals surface area contributed by atoms with E-state index in [2.05, 4.69) is 16.7 Å². The molecule has 0 saturated heterocycles. The third-order valence-electron chi connectivity index (χ3n) is 7.37. The molecule has 0 radical (unpaired) electrons. The van der Waals surface area contributed by atoms with Crippen molar-refractivity contribution in [2.75, 3.05) is 19.7 Å². The van der Waals surface area contributed by atoms with Crippen molar-refractivity contribution in [1.82, 2.24) is 28.7 Å². The number of rotatable bonds is 12. The summed E-state index contributed by atoms with van der Waals surface area (Å²) in [5.74, 6) is 1.16. The second kappa shape index (κ2) is 13.7. The highest BCUT2D eigenvalue weighted by Crippen LogP contribution is 2.28. The van der Waals surface area contributed by atoms with Crippen LogP contribution in [0, 0.1) is 0 Å². The molecule has 0 spiro atoms. The summed E-state index contributed by atoms with van der Waals surface area (Å²) in [7, 11) is -3.69. The summed E-state index contributed by atoms with van der Waals surface area (Å²) in [6.45, 7) is 8.44. The summed E-state index contributed by atoms with van der Waals surface area (Å²) in [4.78, 5) is 18.7. The van der Waals surface area contributed by atoms with Crippen LogP contribution in [0.4, 0.5) is 0 Å². The minimum absolute atomic E-state index is 0.180. The number of hydrogen-bond donors (Lipinski definition) is 0. The second-order valence-corrected chi connectivity index (χ2v) is 13.4. The van der Waals surface area contributed by atoms with Gasteiger partial charge in [-0.15, -0.1) is 5.10 Å². The maximum absolute atomic E-state index is 13.5. The van der Waals surface area contributed by atoms with E-state index >= 15 is 0 Å². The zero-order valence-electron chi connectivity index (χ0n) is 25.9. The molecule has 0 N–H and O–H groups in total. The molecule has 238 valence electrons. The van der Waals surface area contributed by atoms with Gasteiger partial charge in [0.25, 0.3) is 5.56 Å². The number of nitrogens with zero attached hydrogens (tertiary/aromatic N) is 6. The number of fused-ring (bicyclic) bond motifs is 1. The molecule has 6 aromatic rings. The molecular weight excluding hydrogens is 633 g/mol. The average Bonchev–Trinajstić information content (AvgIpc) is 3.78. The smallest absolute Gasteiger partial charge is 0.291 e. The van der Waals surface area contributed by atoms with Crippen molar-refractivity contribution in [3.8, 4) is 22.7 Å². The van der Waals surface area contributed by atoms with Crippen LogP contribution in [-0.2, 0) is 10.0 Å². The molecule has 0 amide bonds. The van der Waals surface area contributed by atoms with E-state index in [9.17, 15) is 13.2 Å². The third-order valence-corrected chi connectivity index (χ3v) is 10.4. The standard InChI is InChI=1S/C35H32N6O4S2/c1-4-21-45-29-18-15-25(16-19-29)17-20-32-36-35-41(37-32)34(42)31(46-35)23-27-24-40(28-12-8-7-9-13-28)38-33(27)26-11-10-14-30(22-26)47(43,44)39(5-2)6-3/h4,7-20,22-24H,1,5-6,21H2,2-3H3/b20-17+,31-23-. The Balaban J connectivity index is 1.37. The minimum atomic E-state index is -3.69. The van der Waals surface area contributed by atoms with Crippen LogP contribution in [0.15, 0.2) is 107 Å². The molecule has 10 nitrogen and oxygen atoms in total. The van der Waals surface area contributed by atoms with Gasteiger partial charge in [0.05, 0.1) is 15.1 Å². The Bertz CT molecular complexity index is 2290. The molecule has 0 aliphatic carbocycles. The van der Waals surface area contributed by atoms with Crippen molar-refractivity contribution in [1.29, 1.82) is 0 Å². The van der Waals surface area contributed by atoms with E-state index in [1.54, 1.807) is 41.1 Å². The average molecular weight is 665 g/mol. The molecule has 0 aliphatic heterocycles. The van der Waals surface area contributed by atoms with E-state index in [1.807, 2.05) is 86.8 Å². The van der Waals surface area contributed by atoms with Gasteiger partial charge in [0.1, 0.15) is 18.1 Å². The summed E-state index contributed by atoms with van der Waals surface area (Å²) < 4.78 is 37.0. The quantitative estimate of drug-likeness (QED) is 0.163. The maximum atomic E-state index is 13.5. The van der Waals surface area contributed by atoms with Gasteiger partial charge in [-0.1, -0.05) is 86.4 Å². The number of benzene rings is 3. The molecule has 3 aromatic carbocycles. The van der Waals surface area contributed by atoms with Gasteiger partial charge in [-0.05, 0) is 54.1 Å². The molecule has 47 heavy (non-hydrogen) atoms. The number of ether oxygens (including phenoxy) is 1. The lowest BCUT2D eigenvalue weighted by atomic mass is 10.1. The third kappa shape index (κ3) is 6.70. The summed E-state index contributed by atoms with van der Waals surface area (Å²) in [6, 6.07) is 23.9. The van der Waals surface area contributed by atoms with Gasteiger partial charge >= 0.3 is 0 Å². The maximum Gasteiger partial charge on any atom is 0.291 e. The predicted octanol–water partition coefficient (Wildman–Crippen LogP) is 5.32. The molecule has 0 bridgehead atoms. The molecule has 6 rings (SSSR count). The molecule has 0 atom stereocenters. The highest BCUT2D eigenvalue weighted by molar-refractivity contribution is 7.89. The fourth-order valence-corrected chi connectivity index (χ4v) is 7.42. The Hall–Kier alpha value is -5.17. The molecule has 0 aliphatic rings. The highest BCUT2D eigenvalue weighted by atomic mass is 32.2. The topological polar surface area (TPSA) is 112 Å². The summed E-state index contributed by atoms with van der Waals surface area (Å²) in [5.41, 5.74) is 3.24. The molecular formula is C35H32N6O4S2. The van der Waals surface area contributed by atoms with Crippen LogP contribution >= 0.6 is 11.3 Å². The van der Waals surface area contributed by atoms with Crippen LogP contribution < -0.4 is 14.8 Å². The first kappa shape index (κ1) is 31.8. The number of aromatic nitrogens is 5. The SMILES string of the molecule is C=CCOc1ccc(/C=C/c2nc3s/c(=C\c4cn(-c5ccccc5)nc4-c4cccc(S(=O)(=O)N(CC)CC)c4)c(=O)n3n2)cc1. The van der Waals surface area contributed by atoms with E-state index < -0.39 is 10.0 Å². The zero-order valence-corrected chi connectivity index (χ0v) is 27.5. The van der Waals surface area contributed by atoms with Crippen molar-refractivity contribution in [3.05, 3.63) is 130 Å². The van der Waals surface area contributed by atoms with Crippen molar-refractivity contribution >= 4 is 44.5 Å². The number of hydrogen-bond acceptors (Lipinski definition) is 8.